The lowest BCUT2D eigenvalue weighted by Crippen LogP contribution is -2.43. The van der Waals surface area contributed by atoms with E-state index in [1.807, 2.05) is 27.7 Å². The Labute approximate surface area is 207 Å². The first-order valence-corrected chi connectivity index (χ1v) is 14.3. The molecule has 0 saturated carbocycles. The van der Waals surface area contributed by atoms with Crippen LogP contribution in [0.5, 0.6) is 0 Å². The van der Waals surface area contributed by atoms with Crippen LogP contribution in [0.4, 0.5) is 5.69 Å². The maximum Gasteiger partial charge on any atom is 0.270 e. The largest absolute Gasteiger partial charge is 0.334 e. The molecule has 0 aromatic heterocycles. The van der Waals surface area contributed by atoms with E-state index in [1.54, 1.807) is 17.0 Å². The van der Waals surface area contributed by atoms with Crippen molar-refractivity contribution in [2.75, 3.05) is 0 Å². The van der Waals surface area contributed by atoms with E-state index < -0.39 is 13.0 Å². The number of non-ortho nitro benzene ring substituents is 1. The second-order valence-electron chi connectivity index (χ2n) is 10.2. The summed E-state index contributed by atoms with van der Waals surface area (Å²) in [5.74, 6) is 8.94. The van der Waals surface area contributed by atoms with Crippen LogP contribution in [0.3, 0.4) is 0 Å². The number of carbonyl (C=O) groups excluding carboxylic acids is 1. The first-order chi connectivity index (χ1) is 15.7. The van der Waals surface area contributed by atoms with Gasteiger partial charge in [-0.2, -0.15) is 0 Å². The number of hydrogen-bond acceptors (Lipinski definition) is 3. The summed E-state index contributed by atoms with van der Waals surface area (Å²) < 4.78 is 0. The van der Waals surface area contributed by atoms with Crippen molar-refractivity contribution in [3.8, 4) is 23.3 Å². The Morgan fingerprint density at radius 2 is 1.47 bits per heavy atom. The highest BCUT2D eigenvalue weighted by Crippen LogP contribution is 2.40. The summed E-state index contributed by atoms with van der Waals surface area (Å²) in [5.41, 5.74) is 5.95. The van der Waals surface area contributed by atoms with Crippen LogP contribution < -0.4 is 0 Å². The van der Waals surface area contributed by atoms with Crippen molar-refractivity contribution in [1.29, 1.82) is 0 Å². The van der Waals surface area contributed by atoms with E-state index in [0.29, 0.717) is 27.8 Å². The van der Waals surface area contributed by atoms with E-state index in [2.05, 4.69) is 64.8 Å². The molecule has 34 heavy (non-hydrogen) atoms. The molecule has 0 bridgehead atoms. The Morgan fingerprint density at radius 1 is 0.941 bits per heavy atom. The van der Waals surface area contributed by atoms with Crippen LogP contribution in [0, 0.1) is 33.4 Å². The van der Waals surface area contributed by atoms with Crippen molar-refractivity contribution in [1.82, 2.24) is 4.90 Å². The molecule has 0 aliphatic carbocycles. The molecule has 0 radical (unpaired) electrons. The van der Waals surface area contributed by atoms with E-state index in [1.165, 1.54) is 18.2 Å². The molecular formula is C28H40N2O3Si. The van der Waals surface area contributed by atoms with Gasteiger partial charge in [-0.15, -0.1) is 5.54 Å². The van der Waals surface area contributed by atoms with Gasteiger partial charge in [0, 0.05) is 35.9 Å². The highest BCUT2D eigenvalue weighted by molar-refractivity contribution is 6.90. The molecule has 0 aliphatic rings. The van der Waals surface area contributed by atoms with Gasteiger partial charge in [0.05, 0.1) is 4.92 Å². The molecule has 6 heteroatoms. The quantitative estimate of drug-likeness (QED) is 0.134. The maximum absolute atomic E-state index is 13.1. The molecule has 0 unspecified atom stereocenters. The Bertz CT molecular complexity index is 1000. The number of benzene rings is 1. The standard InChI is InChI=1S/C28H40N2O3Si/c1-20(2)29(21(3)4)28(31)19-26(25-15-13-16-27(18-25)30(32)33)14-11-12-17-34(22(5)6,23(7)8)24(9)10/h13,15-16,18-24H,1-10H3/b26-19-. The fraction of sp³-hybridized carbons (Fsp3) is 0.536. The van der Waals surface area contributed by atoms with Crippen LogP contribution in [0.2, 0.25) is 16.6 Å². The summed E-state index contributed by atoms with van der Waals surface area (Å²) in [6.45, 7) is 21.3. The second-order valence-corrected chi connectivity index (χ2v) is 15.8. The van der Waals surface area contributed by atoms with Gasteiger partial charge in [-0.3, -0.25) is 14.9 Å². The third-order valence-electron chi connectivity index (χ3n) is 6.41. The molecule has 1 amide bonds. The highest BCUT2D eigenvalue weighted by Gasteiger charge is 2.41. The number of amides is 1. The predicted molar refractivity (Wildman–Crippen MR) is 145 cm³/mol. The molecule has 0 spiro atoms. The fourth-order valence-corrected chi connectivity index (χ4v) is 10.1. The van der Waals surface area contributed by atoms with Gasteiger partial charge in [0.25, 0.3) is 5.69 Å². The van der Waals surface area contributed by atoms with E-state index >= 15 is 0 Å². The SMILES string of the molecule is CC(C)N(C(=O)/C=C(/C#CC#C[Si](C(C)C)(C(C)C)C(C)C)c1cccc([N+](=O)[O-])c1)C(C)C. The third-order valence-corrected chi connectivity index (χ3v) is 12.7. The fourth-order valence-electron chi connectivity index (χ4n) is 4.95. The van der Waals surface area contributed by atoms with Gasteiger partial charge in [0.1, 0.15) is 8.07 Å². The summed E-state index contributed by atoms with van der Waals surface area (Å²) in [6, 6.07) is 6.24. The summed E-state index contributed by atoms with van der Waals surface area (Å²) in [7, 11) is -1.93. The minimum absolute atomic E-state index is 0.0117. The van der Waals surface area contributed by atoms with Crippen LogP contribution in [-0.2, 0) is 4.79 Å². The molecule has 0 N–H and O–H groups in total. The Morgan fingerprint density at radius 3 is 1.91 bits per heavy atom. The van der Waals surface area contributed by atoms with Gasteiger partial charge >= 0.3 is 0 Å². The van der Waals surface area contributed by atoms with Gasteiger partial charge in [0.2, 0.25) is 5.91 Å². The van der Waals surface area contributed by atoms with E-state index in [-0.39, 0.29) is 23.7 Å². The van der Waals surface area contributed by atoms with Gasteiger partial charge in [-0.05, 0) is 61.7 Å². The predicted octanol–water partition coefficient (Wildman–Crippen LogP) is 6.85. The van der Waals surface area contributed by atoms with Crippen molar-refractivity contribution in [3.05, 3.63) is 46.0 Å². The molecule has 0 fully saturated rings. The number of allylic oxidation sites excluding steroid dienone is 1. The van der Waals surface area contributed by atoms with E-state index in [0.717, 1.165) is 0 Å². The van der Waals surface area contributed by atoms with Crippen molar-refractivity contribution >= 4 is 25.2 Å². The minimum atomic E-state index is -1.93. The lowest BCUT2D eigenvalue weighted by molar-refractivity contribution is -0.384. The van der Waals surface area contributed by atoms with Crippen molar-refractivity contribution in [3.63, 3.8) is 0 Å². The molecular weight excluding hydrogens is 440 g/mol. The summed E-state index contributed by atoms with van der Waals surface area (Å²) in [6.07, 6.45) is 1.48. The van der Waals surface area contributed by atoms with Crippen LogP contribution >= 0.6 is 0 Å². The zero-order valence-electron chi connectivity index (χ0n) is 22.4. The molecule has 1 rings (SSSR count). The van der Waals surface area contributed by atoms with Crippen molar-refractivity contribution in [2.24, 2.45) is 0 Å². The Hall–Kier alpha value is -2.83. The number of nitro benzene ring substituents is 1. The van der Waals surface area contributed by atoms with Crippen LogP contribution in [0.15, 0.2) is 30.3 Å². The average Bonchev–Trinajstić information content (AvgIpc) is 2.71. The molecule has 0 heterocycles. The summed E-state index contributed by atoms with van der Waals surface area (Å²) >= 11 is 0. The summed E-state index contributed by atoms with van der Waals surface area (Å²) in [5, 5.41) is 11.3. The van der Waals surface area contributed by atoms with Crippen molar-refractivity contribution < 1.29 is 9.72 Å². The molecule has 184 valence electrons. The molecule has 0 atom stereocenters. The van der Waals surface area contributed by atoms with Gasteiger partial charge in [0.15, 0.2) is 0 Å². The topological polar surface area (TPSA) is 63.5 Å². The Balaban J connectivity index is 3.63. The van der Waals surface area contributed by atoms with E-state index in [9.17, 15) is 14.9 Å². The van der Waals surface area contributed by atoms with Crippen LogP contribution in [0.1, 0.15) is 74.8 Å². The molecule has 5 nitrogen and oxygen atoms in total. The van der Waals surface area contributed by atoms with Gasteiger partial charge < -0.3 is 4.90 Å². The number of nitrogens with zero attached hydrogens (tertiary/aromatic N) is 2. The van der Waals surface area contributed by atoms with Gasteiger partial charge in [-0.1, -0.05) is 59.6 Å². The zero-order valence-corrected chi connectivity index (χ0v) is 23.4. The molecule has 0 saturated heterocycles. The van der Waals surface area contributed by atoms with E-state index in [4.69, 9.17) is 0 Å². The third kappa shape index (κ3) is 7.08. The first kappa shape index (κ1) is 29.2. The zero-order chi connectivity index (χ0) is 26.2. The minimum Gasteiger partial charge on any atom is -0.334 e. The summed E-state index contributed by atoms with van der Waals surface area (Å²) in [4.78, 5) is 25.7. The highest BCUT2D eigenvalue weighted by atomic mass is 28.3. The Kier molecular flexibility index (Phi) is 10.8. The van der Waals surface area contributed by atoms with Crippen LogP contribution in [0.25, 0.3) is 5.57 Å². The average molecular weight is 481 g/mol. The normalized spacial score (nSPS) is 12.0. The lowest BCUT2D eigenvalue weighted by Gasteiger charge is -2.37. The maximum atomic E-state index is 13.1. The number of hydrogen-bond donors (Lipinski definition) is 0. The number of carbonyl (C=O) groups is 1. The second kappa shape index (κ2) is 12.6. The number of nitro groups is 1. The van der Waals surface area contributed by atoms with Gasteiger partial charge in [-0.25, -0.2) is 0 Å². The molecule has 1 aromatic rings. The molecule has 1 aromatic carbocycles. The van der Waals surface area contributed by atoms with Crippen LogP contribution in [-0.4, -0.2) is 35.9 Å². The van der Waals surface area contributed by atoms with Crippen molar-refractivity contribution in [2.45, 2.75) is 97.9 Å². The first-order valence-electron chi connectivity index (χ1n) is 12.1. The lowest BCUT2D eigenvalue weighted by atomic mass is 10.0. The number of rotatable bonds is 8. The smallest absolute Gasteiger partial charge is 0.270 e. The monoisotopic (exact) mass is 480 g/mol. The molecule has 0 aliphatic heterocycles.